The molecule has 10 heteroatoms. The van der Waals surface area contributed by atoms with Crippen LogP contribution in [0.2, 0.25) is 0 Å². The second kappa shape index (κ2) is 10.6. The van der Waals surface area contributed by atoms with E-state index >= 15 is 0 Å². The third kappa shape index (κ3) is 6.65. The SMILES string of the molecule is CC(C)(C)C(NC(=O)c1nn(CC2CCC(F)(F)CC2)c2ccccc12)C(=O)NCC1(O)CCOCC1. The number of hydrogen-bond acceptors (Lipinski definition) is 5. The molecule has 0 spiro atoms. The van der Waals surface area contributed by atoms with Gasteiger partial charge in [0.2, 0.25) is 11.8 Å². The molecule has 1 aliphatic carbocycles. The molecule has 204 valence electrons. The van der Waals surface area contributed by atoms with E-state index < -0.39 is 28.9 Å². The summed E-state index contributed by atoms with van der Waals surface area (Å²) in [5.74, 6) is -3.41. The zero-order chi connectivity index (χ0) is 26.8. The summed E-state index contributed by atoms with van der Waals surface area (Å²) < 4.78 is 34.3. The number of carbonyl (C=O) groups is 2. The Hall–Kier alpha value is -2.59. The summed E-state index contributed by atoms with van der Waals surface area (Å²) in [7, 11) is 0. The maximum Gasteiger partial charge on any atom is 0.273 e. The van der Waals surface area contributed by atoms with Gasteiger partial charge in [-0.3, -0.25) is 14.3 Å². The second-order valence-electron chi connectivity index (χ2n) is 11.7. The lowest BCUT2D eigenvalue weighted by atomic mass is 9.85. The topological polar surface area (TPSA) is 105 Å². The van der Waals surface area contributed by atoms with Gasteiger partial charge in [0.1, 0.15) is 6.04 Å². The zero-order valence-corrected chi connectivity index (χ0v) is 21.9. The van der Waals surface area contributed by atoms with E-state index in [9.17, 15) is 23.5 Å². The Balaban J connectivity index is 1.49. The van der Waals surface area contributed by atoms with Gasteiger partial charge < -0.3 is 20.5 Å². The average molecular weight is 521 g/mol. The summed E-state index contributed by atoms with van der Waals surface area (Å²) in [6, 6.07) is 6.46. The van der Waals surface area contributed by atoms with Crippen LogP contribution < -0.4 is 10.6 Å². The van der Waals surface area contributed by atoms with Crippen LogP contribution in [0, 0.1) is 11.3 Å². The Labute approximate surface area is 216 Å². The first-order chi connectivity index (χ1) is 17.4. The molecule has 2 aliphatic rings. The van der Waals surface area contributed by atoms with Gasteiger partial charge >= 0.3 is 0 Å². The highest BCUT2D eigenvalue weighted by Gasteiger charge is 2.37. The number of rotatable bonds is 7. The van der Waals surface area contributed by atoms with Gasteiger partial charge in [0.15, 0.2) is 5.69 Å². The number of alkyl halides is 2. The maximum absolute atomic E-state index is 13.6. The van der Waals surface area contributed by atoms with Crippen molar-refractivity contribution in [2.75, 3.05) is 19.8 Å². The molecule has 2 fully saturated rings. The number of nitrogens with zero attached hydrogens (tertiary/aromatic N) is 2. The molecule has 2 heterocycles. The maximum atomic E-state index is 13.6. The van der Waals surface area contributed by atoms with E-state index in [1.165, 1.54) is 0 Å². The summed E-state index contributed by atoms with van der Waals surface area (Å²) in [5.41, 5.74) is -0.687. The number of halogens is 2. The zero-order valence-electron chi connectivity index (χ0n) is 21.9. The van der Waals surface area contributed by atoms with Crippen LogP contribution in [0.5, 0.6) is 0 Å². The van der Waals surface area contributed by atoms with Crippen LogP contribution in [0.15, 0.2) is 24.3 Å². The molecule has 1 saturated carbocycles. The molecule has 2 amide bonds. The fourth-order valence-corrected chi connectivity index (χ4v) is 5.12. The molecule has 1 unspecified atom stereocenters. The van der Waals surface area contributed by atoms with Crippen LogP contribution in [0.1, 0.15) is 69.8 Å². The van der Waals surface area contributed by atoms with E-state index in [0.717, 1.165) is 5.52 Å². The van der Waals surface area contributed by atoms with Gasteiger partial charge in [0, 0.05) is 57.4 Å². The molecule has 1 saturated heterocycles. The van der Waals surface area contributed by atoms with Gasteiger partial charge in [-0.25, -0.2) is 8.78 Å². The van der Waals surface area contributed by atoms with Crippen molar-refractivity contribution in [2.45, 2.75) is 83.4 Å². The molecule has 0 radical (unpaired) electrons. The fourth-order valence-electron chi connectivity index (χ4n) is 5.12. The number of aliphatic hydroxyl groups is 1. The van der Waals surface area contributed by atoms with Gasteiger partial charge in [0.25, 0.3) is 5.91 Å². The molecule has 37 heavy (non-hydrogen) atoms. The second-order valence-corrected chi connectivity index (χ2v) is 11.7. The minimum absolute atomic E-state index is 0.0583. The number of para-hydroxylation sites is 1. The first kappa shape index (κ1) is 27.4. The van der Waals surface area contributed by atoms with Crippen LogP contribution in [-0.2, 0) is 16.1 Å². The van der Waals surface area contributed by atoms with Gasteiger partial charge in [-0.1, -0.05) is 39.0 Å². The Kier molecular flexibility index (Phi) is 7.90. The highest BCUT2D eigenvalue weighted by molar-refractivity contribution is 6.06. The number of benzene rings is 1. The van der Waals surface area contributed by atoms with Crippen molar-refractivity contribution in [3.8, 4) is 0 Å². The van der Waals surface area contributed by atoms with E-state index in [-0.39, 0.29) is 36.9 Å². The first-order valence-corrected chi connectivity index (χ1v) is 13.1. The lowest BCUT2D eigenvalue weighted by Gasteiger charge is -2.34. The summed E-state index contributed by atoms with van der Waals surface area (Å²) in [6.07, 6.45) is 1.42. The molecule has 1 aliphatic heterocycles. The molecule has 0 bridgehead atoms. The van der Waals surface area contributed by atoms with Gasteiger partial charge in [0.05, 0.1) is 11.1 Å². The van der Waals surface area contributed by atoms with Crippen molar-refractivity contribution in [3.05, 3.63) is 30.0 Å². The van der Waals surface area contributed by atoms with E-state index in [0.29, 0.717) is 50.8 Å². The Morgan fingerprint density at radius 1 is 1.16 bits per heavy atom. The third-order valence-corrected chi connectivity index (χ3v) is 7.56. The van der Waals surface area contributed by atoms with Crippen molar-refractivity contribution in [1.29, 1.82) is 0 Å². The van der Waals surface area contributed by atoms with Crippen LogP contribution >= 0.6 is 0 Å². The van der Waals surface area contributed by atoms with Crippen molar-refractivity contribution in [1.82, 2.24) is 20.4 Å². The summed E-state index contributed by atoms with van der Waals surface area (Å²) in [6.45, 7) is 6.98. The van der Waals surface area contributed by atoms with Crippen molar-refractivity contribution >= 4 is 22.7 Å². The monoisotopic (exact) mass is 520 g/mol. The number of hydrogen-bond donors (Lipinski definition) is 3. The van der Waals surface area contributed by atoms with E-state index in [4.69, 9.17) is 4.74 Å². The molecule has 1 aromatic heterocycles. The Bertz CT molecular complexity index is 1110. The van der Waals surface area contributed by atoms with Crippen molar-refractivity contribution in [3.63, 3.8) is 0 Å². The van der Waals surface area contributed by atoms with E-state index in [2.05, 4.69) is 15.7 Å². The minimum atomic E-state index is -2.60. The number of nitrogens with one attached hydrogen (secondary N) is 2. The summed E-state index contributed by atoms with van der Waals surface area (Å²) >= 11 is 0. The predicted molar refractivity (Wildman–Crippen MR) is 135 cm³/mol. The van der Waals surface area contributed by atoms with Crippen molar-refractivity contribution in [2.24, 2.45) is 11.3 Å². The largest absolute Gasteiger partial charge is 0.388 e. The van der Waals surface area contributed by atoms with Crippen LogP contribution in [0.25, 0.3) is 10.9 Å². The number of aromatic nitrogens is 2. The van der Waals surface area contributed by atoms with Crippen LogP contribution in [0.4, 0.5) is 8.78 Å². The number of ether oxygens (including phenoxy) is 1. The van der Waals surface area contributed by atoms with E-state index in [1.54, 1.807) is 10.7 Å². The lowest BCUT2D eigenvalue weighted by Crippen LogP contribution is -2.56. The summed E-state index contributed by atoms with van der Waals surface area (Å²) in [5, 5.41) is 21.6. The number of fused-ring (bicyclic) bond motifs is 1. The van der Waals surface area contributed by atoms with Crippen molar-refractivity contribution < 1.29 is 28.2 Å². The number of amides is 2. The van der Waals surface area contributed by atoms with E-state index in [1.807, 2.05) is 39.0 Å². The molecule has 3 N–H and O–H groups in total. The predicted octanol–water partition coefficient (Wildman–Crippen LogP) is 3.66. The standard InChI is InChI=1S/C27H38F2N4O4/c1-25(2,3)22(24(35)30-17-26(36)12-14-37-15-13-26)31-23(34)21-19-6-4-5-7-20(19)33(32-21)16-18-8-10-27(28,29)11-9-18/h4-7,18,22,36H,8-17H2,1-3H3,(H,30,35)(H,31,34). The Morgan fingerprint density at radius 2 is 1.81 bits per heavy atom. The highest BCUT2D eigenvalue weighted by atomic mass is 19.3. The van der Waals surface area contributed by atoms with Gasteiger partial charge in [-0.05, 0) is 30.2 Å². The molecule has 8 nitrogen and oxygen atoms in total. The van der Waals surface area contributed by atoms with Gasteiger partial charge in [-0.2, -0.15) is 5.10 Å². The molecule has 1 atom stereocenters. The Morgan fingerprint density at radius 3 is 2.46 bits per heavy atom. The molecule has 1 aromatic carbocycles. The number of carbonyl (C=O) groups excluding carboxylic acids is 2. The quantitative estimate of drug-likeness (QED) is 0.517. The normalized spacial score (nSPS) is 20.9. The molecular formula is C27H38F2N4O4. The molecule has 2 aromatic rings. The minimum Gasteiger partial charge on any atom is -0.388 e. The van der Waals surface area contributed by atoms with Gasteiger partial charge in [-0.15, -0.1) is 0 Å². The highest BCUT2D eigenvalue weighted by Crippen LogP contribution is 2.37. The lowest BCUT2D eigenvalue weighted by molar-refractivity contribution is -0.128. The average Bonchev–Trinajstić information content (AvgIpc) is 3.20. The van der Waals surface area contributed by atoms with Crippen LogP contribution in [0.3, 0.4) is 0 Å². The summed E-state index contributed by atoms with van der Waals surface area (Å²) in [4.78, 5) is 26.6. The third-order valence-electron chi connectivity index (χ3n) is 7.56. The molecule has 4 rings (SSSR count). The smallest absolute Gasteiger partial charge is 0.273 e. The first-order valence-electron chi connectivity index (χ1n) is 13.1. The fraction of sp³-hybridized carbons (Fsp3) is 0.667. The van der Waals surface area contributed by atoms with Crippen LogP contribution in [-0.4, -0.2) is 64.0 Å². The molecular weight excluding hydrogens is 482 g/mol.